The van der Waals surface area contributed by atoms with Crippen LogP contribution in [0.2, 0.25) is 4.34 Å². The normalized spacial score (nSPS) is 18.2. The molecule has 0 aliphatic heterocycles. The molecule has 28 heavy (non-hydrogen) atoms. The Morgan fingerprint density at radius 1 is 1.32 bits per heavy atom. The van der Waals surface area contributed by atoms with E-state index in [4.69, 9.17) is 11.6 Å². The highest BCUT2D eigenvalue weighted by Crippen LogP contribution is 2.41. The number of hydrogen-bond acceptors (Lipinski definition) is 4. The molecule has 0 bridgehead atoms. The van der Waals surface area contributed by atoms with Gasteiger partial charge >= 0.3 is 0 Å². The average molecular weight is 434 g/mol. The molecule has 0 radical (unpaired) electrons. The number of carbonyl (C=O) groups is 2. The van der Waals surface area contributed by atoms with Crippen molar-refractivity contribution in [3.8, 4) is 0 Å². The Balaban J connectivity index is 1.52. The van der Waals surface area contributed by atoms with Crippen LogP contribution in [0.5, 0.6) is 0 Å². The van der Waals surface area contributed by atoms with Gasteiger partial charge in [0.05, 0.1) is 15.3 Å². The van der Waals surface area contributed by atoms with Crippen LogP contribution in [0.15, 0.2) is 36.4 Å². The fourth-order valence-corrected chi connectivity index (χ4v) is 5.96. The summed E-state index contributed by atoms with van der Waals surface area (Å²) in [6.07, 6.45) is 0.761. The second-order valence-electron chi connectivity index (χ2n) is 7.02. The van der Waals surface area contributed by atoms with Gasteiger partial charge in [-0.3, -0.25) is 9.59 Å². The molecular weight excluding hydrogens is 414 g/mol. The molecule has 2 amide bonds. The van der Waals surface area contributed by atoms with Gasteiger partial charge < -0.3 is 15.2 Å². The van der Waals surface area contributed by atoms with Gasteiger partial charge in [0, 0.05) is 25.5 Å². The van der Waals surface area contributed by atoms with Gasteiger partial charge in [-0.15, -0.1) is 23.1 Å². The van der Waals surface area contributed by atoms with E-state index >= 15 is 0 Å². The summed E-state index contributed by atoms with van der Waals surface area (Å²) < 4.78 is 0.696. The van der Waals surface area contributed by atoms with Crippen LogP contribution in [0.3, 0.4) is 0 Å². The van der Waals surface area contributed by atoms with E-state index in [0.29, 0.717) is 15.8 Å². The number of benzene rings is 1. The van der Waals surface area contributed by atoms with Gasteiger partial charge in [-0.2, -0.15) is 0 Å². The molecule has 2 heterocycles. The number of hydrogen-bond donors (Lipinski definition) is 2. The zero-order chi connectivity index (χ0) is 19.8. The molecule has 146 valence electrons. The first kappa shape index (κ1) is 19.4. The summed E-state index contributed by atoms with van der Waals surface area (Å²) in [6.45, 7) is 0. The van der Waals surface area contributed by atoms with E-state index in [1.807, 2.05) is 24.3 Å². The lowest BCUT2D eigenvalue weighted by Gasteiger charge is -2.22. The fourth-order valence-electron chi connectivity index (χ4n) is 3.44. The third-order valence-corrected chi connectivity index (χ3v) is 7.44. The van der Waals surface area contributed by atoms with Gasteiger partial charge in [0.15, 0.2) is 0 Å². The number of amides is 2. The number of carbonyl (C=O) groups excluding carboxylic acids is 2. The highest BCUT2D eigenvalue weighted by atomic mass is 35.5. The third kappa shape index (κ3) is 3.79. The maximum atomic E-state index is 12.8. The Labute approximate surface area is 176 Å². The van der Waals surface area contributed by atoms with Gasteiger partial charge in [-0.25, -0.2) is 0 Å². The Bertz CT molecular complexity index is 1010. The van der Waals surface area contributed by atoms with Crippen LogP contribution in [0, 0.1) is 0 Å². The van der Waals surface area contributed by atoms with E-state index in [0.717, 1.165) is 16.6 Å². The van der Waals surface area contributed by atoms with E-state index in [-0.39, 0.29) is 23.1 Å². The van der Waals surface area contributed by atoms with Crippen LogP contribution in [0.4, 0.5) is 0 Å². The molecule has 2 atom stereocenters. The monoisotopic (exact) mass is 433 g/mol. The number of thiophene rings is 1. The number of rotatable bonds is 5. The molecule has 0 spiro atoms. The van der Waals surface area contributed by atoms with Crippen LogP contribution >= 0.6 is 34.7 Å². The summed E-state index contributed by atoms with van der Waals surface area (Å²) in [6, 6.07) is 11.8. The number of nitrogens with one attached hydrogen (secondary N) is 2. The molecule has 0 fully saturated rings. The molecule has 4 rings (SSSR count). The second kappa shape index (κ2) is 7.81. The number of H-pyrrole nitrogens is 1. The maximum absolute atomic E-state index is 12.8. The van der Waals surface area contributed by atoms with Gasteiger partial charge in [0.25, 0.3) is 5.91 Å². The van der Waals surface area contributed by atoms with E-state index in [1.165, 1.54) is 22.5 Å². The minimum atomic E-state index is -0.137. The summed E-state index contributed by atoms with van der Waals surface area (Å²) in [5.74, 6) is 0.317. The van der Waals surface area contributed by atoms with Crippen molar-refractivity contribution in [1.82, 2.24) is 15.2 Å². The second-order valence-corrected chi connectivity index (χ2v) is 9.83. The molecule has 1 aromatic carbocycles. The quantitative estimate of drug-likeness (QED) is 0.636. The summed E-state index contributed by atoms with van der Waals surface area (Å²) in [4.78, 5) is 30.5. The van der Waals surface area contributed by atoms with Crippen molar-refractivity contribution in [2.75, 3.05) is 19.8 Å². The van der Waals surface area contributed by atoms with E-state index in [2.05, 4.69) is 22.4 Å². The fraction of sp³-hybridized carbons (Fsp3) is 0.300. The molecule has 0 unspecified atom stereocenters. The first-order valence-corrected chi connectivity index (χ1v) is 11.1. The SMILES string of the molecule is CN(C)C(=O)CS[C@@H]1c2ccccc2C[C@H]1NC(=O)c1cc2cc(Cl)sc2[nH]1. The number of thioether (sulfide) groups is 1. The summed E-state index contributed by atoms with van der Waals surface area (Å²) >= 11 is 9.02. The van der Waals surface area contributed by atoms with E-state index in [1.54, 1.807) is 30.8 Å². The van der Waals surface area contributed by atoms with Crippen molar-refractivity contribution in [2.24, 2.45) is 0 Å². The highest BCUT2D eigenvalue weighted by Gasteiger charge is 2.34. The molecule has 1 aliphatic rings. The molecule has 2 N–H and O–H groups in total. The van der Waals surface area contributed by atoms with Gasteiger partial charge in [-0.05, 0) is 29.7 Å². The van der Waals surface area contributed by atoms with Crippen LogP contribution in [0.1, 0.15) is 26.9 Å². The predicted molar refractivity (Wildman–Crippen MR) is 116 cm³/mol. The summed E-state index contributed by atoms with van der Waals surface area (Å²) in [5, 5.41) is 4.16. The number of aromatic amines is 1. The lowest BCUT2D eigenvalue weighted by molar-refractivity contribution is -0.125. The molecule has 5 nitrogen and oxygen atoms in total. The van der Waals surface area contributed by atoms with Crippen LogP contribution < -0.4 is 5.32 Å². The van der Waals surface area contributed by atoms with Gasteiger partial charge in [-0.1, -0.05) is 35.9 Å². The maximum Gasteiger partial charge on any atom is 0.268 e. The van der Waals surface area contributed by atoms with Crippen molar-refractivity contribution in [3.05, 3.63) is 57.6 Å². The standard InChI is InChI=1S/C20H20ClN3O2S2/c1-24(2)17(25)10-27-18-13-6-4-3-5-11(13)7-14(18)22-19(26)15-8-12-9-16(21)28-20(12)23-15/h3-6,8-9,14,18,23H,7,10H2,1-2H3,(H,22,26)/t14-,18-/m1/s1. The van der Waals surface area contributed by atoms with Crippen molar-refractivity contribution in [1.29, 1.82) is 0 Å². The van der Waals surface area contributed by atoms with Gasteiger partial charge in [0.2, 0.25) is 5.91 Å². The van der Waals surface area contributed by atoms with Crippen molar-refractivity contribution in [2.45, 2.75) is 17.7 Å². The average Bonchev–Trinajstić information content (AvgIpc) is 3.30. The zero-order valence-electron chi connectivity index (χ0n) is 15.5. The number of halogens is 1. The molecule has 8 heteroatoms. The lowest BCUT2D eigenvalue weighted by atomic mass is 10.1. The van der Waals surface area contributed by atoms with Crippen molar-refractivity contribution < 1.29 is 9.59 Å². The Morgan fingerprint density at radius 3 is 2.86 bits per heavy atom. The number of fused-ring (bicyclic) bond motifs is 2. The first-order chi connectivity index (χ1) is 13.4. The lowest BCUT2D eigenvalue weighted by Crippen LogP contribution is -2.37. The minimum Gasteiger partial charge on any atom is -0.348 e. The Hall–Kier alpha value is -1.96. The van der Waals surface area contributed by atoms with Crippen LogP contribution in [-0.4, -0.2) is 47.6 Å². The minimum absolute atomic E-state index is 0.0505. The summed E-state index contributed by atoms with van der Waals surface area (Å²) in [7, 11) is 3.52. The molecule has 1 aliphatic carbocycles. The first-order valence-electron chi connectivity index (χ1n) is 8.91. The molecule has 0 saturated heterocycles. The Morgan fingerprint density at radius 2 is 2.11 bits per heavy atom. The molecule has 3 aromatic rings. The third-order valence-electron chi connectivity index (χ3n) is 4.89. The van der Waals surface area contributed by atoms with Crippen molar-refractivity contribution in [3.63, 3.8) is 0 Å². The highest BCUT2D eigenvalue weighted by molar-refractivity contribution is 8.00. The predicted octanol–water partition coefficient (Wildman–Crippen LogP) is 4.10. The molecule has 2 aromatic heterocycles. The van der Waals surface area contributed by atoms with Crippen molar-refractivity contribution >= 4 is 56.7 Å². The largest absolute Gasteiger partial charge is 0.348 e. The topological polar surface area (TPSA) is 65.2 Å². The Kier molecular flexibility index (Phi) is 5.40. The molecule has 0 saturated carbocycles. The summed E-state index contributed by atoms with van der Waals surface area (Å²) in [5.41, 5.74) is 2.95. The van der Waals surface area contributed by atoms with Crippen LogP contribution in [0.25, 0.3) is 10.2 Å². The molecular formula is C20H20ClN3O2S2. The number of nitrogens with zero attached hydrogens (tertiary/aromatic N) is 1. The zero-order valence-corrected chi connectivity index (χ0v) is 17.9. The number of aromatic nitrogens is 1. The van der Waals surface area contributed by atoms with Crippen LogP contribution in [-0.2, 0) is 11.2 Å². The smallest absolute Gasteiger partial charge is 0.268 e. The van der Waals surface area contributed by atoms with Gasteiger partial charge in [0.1, 0.15) is 10.5 Å². The van der Waals surface area contributed by atoms with E-state index in [9.17, 15) is 9.59 Å². The van der Waals surface area contributed by atoms with E-state index < -0.39 is 0 Å².